The molecule has 9 atom stereocenters. The summed E-state index contributed by atoms with van der Waals surface area (Å²) in [5.41, 5.74) is 10.2. The first-order valence-corrected chi connectivity index (χ1v) is 13.5. The summed E-state index contributed by atoms with van der Waals surface area (Å²) < 4.78 is 13.1. The van der Waals surface area contributed by atoms with Crippen molar-refractivity contribution in [2.45, 2.75) is 74.9 Å². The van der Waals surface area contributed by atoms with Crippen LogP contribution >= 0.6 is 0 Å². The van der Waals surface area contributed by atoms with Gasteiger partial charge in [-0.15, -0.1) is 0 Å². The van der Waals surface area contributed by atoms with Gasteiger partial charge in [-0.2, -0.15) is 4.98 Å². The van der Waals surface area contributed by atoms with E-state index in [-0.39, 0.29) is 34.1 Å². The van der Waals surface area contributed by atoms with Gasteiger partial charge in [-0.05, 0) is 87.4 Å². The van der Waals surface area contributed by atoms with Crippen molar-refractivity contribution < 1.29 is 19.4 Å². The van der Waals surface area contributed by atoms with Gasteiger partial charge in [0.15, 0.2) is 5.58 Å². The van der Waals surface area contributed by atoms with Crippen molar-refractivity contribution in [3.63, 3.8) is 0 Å². The molecule has 8 rings (SSSR count). The smallest absolute Gasteiger partial charge is 0.292 e. The number of aliphatic hydroxyl groups is 2. The Balaban J connectivity index is 1.21. The fraction of sp³-hybridized carbons (Fsp3) is 0.621. The maximum Gasteiger partial charge on any atom is 0.292 e. The third kappa shape index (κ3) is 2.25. The molecule has 1 aromatic carbocycles. The summed E-state index contributed by atoms with van der Waals surface area (Å²) in [5.74, 6) is 0.680. The average molecular weight is 490 g/mol. The predicted molar refractivity (Wildman–Crippen MR) is 136 cm³/mol. The minimum atomic E-state index is -0.743. The number of benzene rings is 1. The summed E-state index contributed by atoms with van der Waals surface area (Å²) in [5, 5.41) is 22.6. The van der Waals surface area contributed by atoms with Gasteiger partial charge in [-0.1, -0.05) is 25.1 Å². The van der Waals surface area contributed by atoms with Crippen molar-refractivity contribution in [1.82, 2.24) is 9.88 Å². The highest BCUT2D eigenvalue weighted by Crippen LogP contribution is 2.81. The van der Waals surface area contributed by atoms with Crippen LogP contribution in [0.3, 0.4) is 0 Å². The number of anilines is 1. The largest absolute Gasteiger partial charge is 0.424 e. The minimum Gasteiger partial charge on any atom is -0.424 e. The van der Waals surface area contributed by atoms with Gasteiger partial charge in [0, 0.05) is 22.8 Å². The van der Waals surface area contributed by atoms with Gasteiger partial charge < -0.3 is 30.0 Å². The number of likely N-dealkylation sites (N-methyl/N-ethyl adjacent to an activating group) is 1. The van der Waals surface area contributed by atoms with Crippen LogP contribution in [0.5, 0.6) is 0 Å². The lowest BCUT2D eigenvalue weighted by Gasteiger charge is -2.59. The molecule has 0 radical (unpaired) electrons. The molecule has 2 bridgehead atoms. The van der Waals surface area contributed by atoms with E-state index in [1.54, 1.807) is 0 Å². The number of nitrogen functional groups attached to an aromatic ring is 1. The monoisotopic (exact) mass is 489 g/mol. The van der Waals surface area contributed by atoms with E-state index in [2.05, 4.69) is 41.1 Å². The Hall–Kier alpha value is -2.19. The van der Waals surface area contributed by atoms with Crippen molar-refractivity contribution >= 4 is 22.7 Å². The fourth-order valence-electron chi connectivity index (χ4n) is 9.74. The standard InChI is InChI=1S/C29H35N3O4/c1-26-9-8-17-18-13-28(18)24(34)23(33)20(32(2)3)14-27(28)10-11-29(17,36-27)22(26)7-5-16(26)15-4-6-19-21(12-15)35-25(30)31-19/h4-6,8,12,18,20,22-24,33-34H,7,9-11,13-14H2,1-3H3,(H2,30,31). The van der Waals surface area contributed by atoms with Crippen molar-refractivity contribution in [3.05, 3.63) is 41.5 Å². The molecule has 6 aliphatic rings. The fourth-order valence-corrected chi connectivity index (χ4v) is 9.74. The number of aliphatic hydroxyl groups excluding tert-OH is 2. The predicted octanol–water partition coefficient (Wildman–Crippen LogP) is 3.51. The van der Waals surface area contributed by atoms with E-state index in [1.165, 1.54) is 16.7 Å². The zero-order valence-corrected chi connectivity index (χ0v) is 21.2. The second-order valence-corrected chi connectivity index (χ2v) is 12.9. The summed E-state index contributed by atoms with van der Waals surface area (Å²) in [7, 11) is 4.00. The second-order valence-electron chi connectivity index (χ2n) is 12.9. The molecule has 190 valence electrons. The Kier molecular flexibility index (Phi) is 3.91. The molecule has 4 N–H and O–H groups in total. The average Bonchev–Trinajstić information content (AvgIpc) is 3.13. The molecule has 3 heterocycles. The molecule has 4 fully saturated rings. The molecule has 4 aliphatic carbocycles. The lowest BCUT2D eigenvalue weighted by molar-refractivity contribution is -0.248. The number of fused-ring (bicyclic) bond motifs is 3. The van der Waals surface area contributed by atoms with Crippen molar-refractivity contribution in [2.24, 2.45) is 22.7 Å². The number of ether oxygens (including phenoxy) is 1. The highest BCUT2D eigenvalue weighted by atomic mass is 16.5. The number of oxazole rings is 1. The minimum absolute atomic E-state index is 0.0447. The number of hydrogen-bond acceptors (Lipinski definition) is 7. The normalized spacial score (nSPS) is 48.2. The van der Waals surface area contributed by atoms with E-state index in [1.807, 2.05) is 20.2 Å². The molecular weight excluding hydrogens is 454 g/mol. The number of nitrogens with two attached hydrogens (primary N) is 1. The number of hydrogen-bond donors (Lipinski definition) is 3. The van der Waals surface area contributed by atoms with Gasteiger partial charge in [-0.3, -0.25) is 0 Å². The Morgan fingerprint density at radius 3 is 2.78 bits per heavy atom. The van der Waals surface area contributed by atoms with Crippen LogP contribution < -0.4 is 5.73 Å². The number of nitrogens with zero attached hydrogens (tertiary/aromatic N) is 2. The summed E-state index contributed by atoms with van der Waals surface area (Å²) in [6.45, 7) is 2.41. The first kappa shape index (κ1) is 21.9. The quantitative estimate of drug-likeness (QED) is 0.555. The molecule has 2 saturated heterocycles. The zero-order valence-electron chi connectivity index (χ0n) is 21.2. The third-order valence-electron chi connectivity index (χ3n) is 11.4. The number of allylic oxidation sites excluding steroid dienone is 3. The summed E-state index contributed by atoms with van der Waals surface area (Å²) in [6, 6.07) is 6.33. The Bertz CT molecular complexity index is 1380. The number of rotatable bonds is 2. The molecule has 9 unspecified atom stereocenters. The Labute approximate surface area is 211 Å². The van der Waals surface area contributed by atoms with E-state index in [9.17, 15) is 10.2 Å². The van der Waals surface area contributed by atoms with Crippen LogP contribution in [0.4, 0.5) is 6.01 Å². The summed E-state index contributed by atoms with van der Waals surface area (Å²) in [4.78, 5) is 6.33. The topological polar surface area (TPSA) is 105 Å². The Morgan fingerprint density at radius 1 is 1.14 bits per heavy atom. The molecule has 2 saturated carbocycles. The number of aromatic nitrogens is 1. The second kappa shape index (κ2) is 6.44. The molecule has 7 nitrogen and oxygen atoms in total. The zero-order chi connectivity index (χ0) is 24.8. The van der Waals surface area contributed by atoms with E-state index in [0.717, 1.165) is 49.6 Å². The summed E-state index contributed by atoms with van der Waals surface area (Å²) in [6.07, 6.45) is 9.02. The third-order valence-corrected chi connectivity index (χ3v) is 11.4. The van der Waals surface area contributed by atoms with E-state index >= 15 is 0 Å². The molecule has 1 aromatic heterocycles. The van der Waals surface area contributed by atoms with Gasteiger partial charge in [0.05, 0.1) is 23.4 Å². The lowest BCUT2D eigenvalue weighted by Crippen LogP contribution is -2.67. The van der Waals surface area contributed by atoms with Gasteiger partial charge in [0.2, 0.25) is 0 Å². The molecule has 2 aromatic rings. The maximum absolute atomic E-state index is 11.5. The van der Waals surface area contributed by atoms with Crippen molar-refractivity contribution in [1.29, 1.82) is 0 Å². The van der Waals surface area contributed by atoms with E-state index in [0.29, 0.717) is 11.8 Å². The van der Waals surface area contributed by atoms with Gasteiger partial charge in [-0.25, -0.2) is 0 Å². The van der Waals surface area contributed by atoms with Gasteiger partial charge in [0.1, 0.15) is 5.52 Å². The van der Waals surface area contributed by atoms with Crippen LogP contribution in [0, 0.1) is 22.7 Å². The molecule has 2 aliphatic heterocycles. The highest BCUT2D eigenvalue weighted by Gasteiger charge is 2.84. The molecular formula is C29H35N3O4. The first-order valence-electron chi connectivity index (χ1n) is 13.5. The van der Waals surface area contributed by atoms with Crippen LogP contribution in [0.2, 0.25) is 0 Å². The van der Waals surface area contributed by atoms with Crippen molar-refractivity contribution in [2.75, 3.05) is 19.8 Å². The molecule has 7 heteroatoms. The molecule has 3 spiro atoms. The van der Waals surface area contributed by atoms with Crippen LogP contribution in [-0.4, -0.2) is 63.6 Å². The first-order chi connectivity index (χ1) is 17.2. The van der Waals surface area contributed by atoms with Gasteiger partial charge >= 0.3 is 0 Å². The Morgan fingerprint density at radius 2 is 1.97 bits per heavy atom. The van der Waals surface area contributed by atoms with E-state index in [4.69, 9.17) is 14.9 Å². The van der Waals surface area contributed by atoms with Crippen LogP contribution in [0.1, 0.15) is 51.0 Å². The SMILES string of the molecule is CN(C)C1CC23CCC4(O2)C(=CCC2(C)C(c5ccc6nc(N)oc6c5)=CCC24)C2CC23C(O)C1O. The van der Waals surface area contributed by atoms with Crippen molar-refractivity contribution in [3.8, 4) is 0 Å². The van der Waals surface area contributed by atoms with Crippen LogP contribution in [-0.2, 0) is 4.74 Å². The maximum atomic E-state index is 11.5. The lowest BCUT2D eigenvalue weighted by atomic mass is 9.57. The molecule has 36 heavy (non-hydrogen) atoms. The molecule has 0 amide bonds. The van der Waals surface area contributed by atoms with Crippen LogP contribution in [0.25, 0.3) is 16.7 Å². The highest BCUT2D eigenvalue weighted by molar-refractivity contribution is 5.83. The summed E-state index contributed by atoms with van der Waals surface area (Å²) >= 11 is 0. The van der Waals surface area contributed by atoms with Gasteiger partial charge in [0.25, 0.3) is 6.01 Å². The van der Waals surface area contributed by atoms with Crippen LogP contribution in [0.15, 0.2) is 40.3 Å². The van der Waals surface area contributed by atoms with E-state index < -0.39 is 12.2 Å².